The molecule has 3 nitrogen and oxygen atoms in total. The lowest BCUT2D eigenvalue weighted by molar-refractivity contribution is 0.287. The van der Waals surface area contributed by atoms with Crippen LogP contribution in [0.2, 0.25) is 0 Å². The van der Waals surface area contributed by atoms with Crippen LogP contribution in [-0.4, -0.2) is 13.2 Å². The average Bonchev–Trinajstić information content (AvgIpc) is 2.28. The van der Waals surface area contributed by atoms with E-state index < -0.39 is 0 Å². The molecule has 1 atom stereocenters. The lowest BCUT2D eigenvalue weighted by atomic mass is 10.2. The Balaban J connectivity index is 2.46. The Kier molecular flexibility index (Phi) is 4.49. The normalized spacial score (nSPS) is 11.5. The van der Waals surface area contributed by atoms with Crippen LogP contribution in [0.15, 0.2) is 24.3 Å². The number of rotatable bonds is 5. The maximum atomic E-state index is 8.58. The zero-order chi connectivity index (χ0) is 11.1. The minimum absolute atomic E-state index is 0.0865. The molecule has 15 heavy (non-hydrogen) atoms. The van der Waals surface area contributed by atoms with Gasteiger partial charge in [-0.1, -0.05) is 0 Å². The number of ether oxygens (including phenoxy) is 2. The lowest BCUT2D eigenvalue weighted by Gasteiger charge is -2.08. The molecule has 1 aromatic carbocycles. The fourth-order valence-corrected chi connectivity index (χ4v) is 1.06. The second-order valence-electron chi connectivity index (χ2n) is 3.25. The molecule has 0 bridgehead atoms. The minimum Gasteiger partial charge on any atom is -0.494 e. The van der Waals surface area contributed by atoms with Crippen LogP contribution in [0, 0.1) is 17.2 Å². The van der Waals surface area contributed by atoms with Crippen LogP contribution >= 0.6 is 0 Å². The molecule has 0 heterocycles. The molecule has 1 unspecified atom stereocenters. The Morgan fingerprint density at radius 1 is 1.20 bits per heavy atom. The Bertz CT molecular complexity index is 326. The maximum absolute atomic E-state index is 8.58. The molecule has 0 saturated carbocycles. The molecule has 1 rings (SSSR count). The number of hydrogen-bond donors (Lipinski definition) is 0. The molecule has 0 spiro atoms. The van der Waals surface area contributed by atoms with Gasteiger partial charge in [-0.3, -0.25) is 0 Å². The Hall–Kier alpha value is -1.69. The highest BCUT2D eigenvalue weighted by molar-refractivity contribution is 5.31. The van der Waals surface area contributed by atoms with Crippen molar-refractivity contribution in [1.29, 1.82) is 5.26 Å². The van der Waals surface area contributed by atoms with E-state index in [4.69, 9.17) is 14.7 Å². The second-order valence-corrected chi connectivity index (χ2v) is 3.25. The summed E-state index contributed by atoms with van der Waals surface area (Å²) in [5, 5.41) is 8.58. The van der Waals surface area contributed by atoms with Crippen molar-refractivity contribution in [3.8, 4) is 17.6 Å². The van der Waals surface area contributed by atoms with Crippen LogP contribution in [0.4, 0.5) is 0 Å². The van der Waals surface area contributed by atoms with Crippen LogP contribution < -0.4 is 9.47 Å². The summed E-state index contributed by atoms with van der Waals surface area (Å²) in [6, 6.07) is 9.52. The van der Waals surface area contributed by atoms with Crippen LogP contribution in [0.25, 0.3) is 0 Å². The molecule has 0 saturated heterocycles. The van der Waals surface area contributed by atoms with Crippen molar-refractivity contribution >= 4 is 0 Å². The first-order valence-electron chi connectivity index (χ1n) is 5.01. The van der Waals surface area contributed by atoms with Gasteiger partial charge in [0.1, 0.15) is 18.1 Å². The van der Waals surface area contributed by atoms with Gasteiger partial charge >= 0.3 is 0 Å². The number of nitriles is 1. The second kappa shape index (κ2) is 5.92. The van der Waals surface area contributed by atoms with Crippen LogP contribution in [0.5, 0.6) is 11.5 Å². The van der Waals surface area contributed by atoms with Gasteiger partial charge in [-0.2, -0.15) is 5.26 Å². The SMILES string of the molecule is CCOc1ccc(OCC(C)C#N)cc1. The topological polar surface area (TPSA) is 42.2 Å². The van der Waals surface area contributed by atoms with Gasteiger partial charge in [0.2, 0.25) is 0 Å². The van der Waals surface area contributed by atoms with Crippen molar-refractivity contribution in [2.24, 2.45) is 5.92 Å². The van der Waals surface area contributed by atoms with E-state index in [1.165, 1.54) is 0 Å². The van der Waals surface area contributed by atoms with Gasteiger partial charge in [0.15, 0.2) is 0 Å². The smallest absolute Gasteiger partial charge is 0.119 e. The first kappa shape index (κ1) is 11.4. The highest BCUT2D eigenvalue weighted by Gasteiger charge is 2.00. The van der Waals surface area contributed by atoms with Gasteiger partial charge < -0.3 is 9.47 Å². The summed E-state index contributed by atoms with van der Waals surface area (Å²) in [4.78, 5) is 0. The van der Waals surface area contributed by atoms with Gasteiger partial charge in [0, 0.05) is 0 Å². The van der Waals surface area contributed by atoms with E-state index in [1.807, 2.05) is 38.1 Å². The number of hydrogen-bond acceptors (Lipinski definition) is 3. The molecule has 0 aliphatic carbocycles. The molecule has 0 amide bonds. The van der Waals surface area contributed by atoms with Gasteiger partial charge in [-0.15, -0.1) is 0 Å². The van der Waals surface area contributed by atoms with Gasteiger partial charge in [0.05, 0.1) is 18.6 Å². The quantitative estimate of drug-likeness (QED) is 0.742. The van der Waals surface area contributed by atoms with E-state index >= 15 is 0 Å². The summed E-state index contributed by atoms with van der Waals surface area (Å²) in [6.07, 6.45) is 0. The Morgan fingerprint density at radius 3 is 2.20 bits per heavy atom. The predicted molar refractivity (Wildman–Crippen MR) is 57.9 cm³/mol. The molecule has 80 valence electrons. The molecular weight excluding hydrogens is 190 g/mol. The Morgan fingerprint density at radius 2 is 1.73 bits per heavy atom. The molecule has 3 heteroatoms. The van der Waals surface area contributed by atoms with E-state index in [-0.39, 0.29) is 5.92 Å². The monoisotopic (exact) mass is 205 g/mol. The third-order valence-corrected chi connectivity index (χ3v) is 1.86. The van der Waals surface area contributed by atoms with Crippen molar-refractivity contribution in [2.75, 3.05) is 13.2 Å². The van der Waals surface area contributed by atoms with E-state index in [9.17, 15) is 0 Å². The van der Waals surface area contributed by atoms with Gasteiger partial charge in [-0.25, -0.2) is 0 Å². The van der Waals surface area contributed by atoms with E-state index in [2.05, 4.69) is 6.07 Å². The van der Waals surface area contributed by atoms with E-state index in [0.717, 1.165) is 11.5 Å². The van der Waals surface area contributed by atoms with Crippen LogP contribution in [-0.2, 0) is 0 Å². The Labute approximate surface area is 90.2 Å². The molecule has 1 aromatic rings. The number of nitrogens with zero attached hydrogens (tertiary/aromatic N) is 1. The third-order valence-electron chi connectivity index (χ3n) is 1.86. The van der Waals surface area contributed by atoms with Gasteiger partial charge in [-0.05, 0) is 38.1 Å². The summed E-state index contributed by atoms with van der Waals surface area (Å²) in [7, 11) is 0. The van der Waals surface area contributed by atoms with E-state index in [0.29, 0.717) is 13.2 Å². The first-order valence-corrected chi connectivity index (χ1v) is 5.01. The fourth-order valence-electron chi connectivity index (χ4n) is 1.06. The van der Waals surface area contributed by atoms with Crippen molar-refractivity contribution in [3.63, 3.8) is 0 Å². The third kappa shape index (κ3) is 3.90. The molecule has 0 radical (unpaired) electrons. The van der Waals surface area contributed by atoms with Crippen LogP contribution in [0.3, 0.4) is 0 Å². The fraction of sp³-hybridized carbons (Fsp3) is 0.417. The standard InChI is InChI=1S/C12H15NO2/c1-3-14-11-4-6-12(7-5-11)15-9-10(2)8-13/h4-7,10H,3,9H2,1-2H3. The minimum atomic E-state index is -0.0865. The number of benzene rings is 1. The highest BCUT2D eigenvalue weighted by atomic mass is 16.5. The molecular formula is C12H15NO2. The molecule has 0 aliphatic heterocycles. The summed E-state index contributed by atoms with van der Waals surface area (Å²) in [6.45, 7) is 4.85. The predicted octanol–water partition coefficient (Wildman–Crippen LogP) is 2.62. The largest absolute Gasteiger partial charge is 0.494 e. The molecule has 0 N–H and O–H groups in total. The first-order chi connectivity index (χ1) is 7.26. The molecule has 0 fully saturated rings. The summed E-state index contributed by atoms with van der Waals surface area (Å²) >= 11 is 0. The highest BCUT2D eigenvalue weighted by Crippen LogP contribution is 2.17. The van der Waals surface area contributed by atoms with Crippen molar-refractivity contribution in [1.82, 2.24) is 0 Å². The zero-order valence-corrected chi connectivity index (χ0v) is 9.06. The average molecular weight is 205 g/mol. The zero-order valence-electron chi connectivity index (χ0n) is 9.06. The van der Waals surface area contributed by atoms with Crippen molar-refractivity contribution in [3.05, 3.63) is 24.3 Å². The van der Waals surface area contributed by atoms with Crippen LogP contribution in [0.1, 0.15) is 13.8 Å². The summed E-state index contributed by atoms with van der Waals surface area (Å²) < 4.78 is 10.7. The van der Waals surface area contributed by atoms with Gasteiger partial charge in [0.25, 0.3) is 0 Å². The summed E-state index contributed by atoms with van der Waals surface area (Å²) in [5.74, 6) is 1.51. The van der Waals surface area contributed by atoms with Crippen molar-refractivity contribution < 1.29 is 9.47 Å². The summed E-state index contributed by atoms with van der Waals surface area (Å²) in [5.41, 5.74) is 0. The maximum Gasteiger partial charge on any atom is 0.119 e. The molecule has 0 aromatic heterocycles. The lowest BCUT2D eigenvalue weighted by Crippen LogP contribution is -2.05. The van der Waals surface area contributed by atoms with Crippen molar-refractivity contribution in [2.45, 2.75) is 13.8 Å². The van der Waals surface area contributed by atoms with E-state index in [1.54, 1.807) is 0 Å². The molecule has 0 aliphatic rings.